The van der Waals surface area contributed by atoms with Gasteiger partial charge in [-0.3, -0.25) is 10.1 Å². The van der Waals surface area contributed by atoms with E-state index in [-0.39, 0.29) is 5.69 Å². The first-order valence-electron chi connectivity index (χ1n) is 6.25. The van der Waals surface area contributed by atoms with Crippen molar-refractivity contribution in [2.45, 2.75) is 20.0 Å². The highest BCUT2D eigenvalue weighted by Gasteiger charge is 2.15. The van der Waals surface area contributed by atoms with E-state index in [2.05, 4.69) is 10.3 Å². The zero-order valence-electron chi connectivity index (χ0n) is 11.0. The van der Waals surface area contributed by atoms with E-state index in [4.69, 9.17) is 11.6 Å². The first kappa shape index (κ1) is 14.5. The molecule has 2 aromatic rings. The second-order valence-corrected chi connectivity index (χ2v) is 4.72. The molecule has 0 radical (unpaired) electrons. The molecule has 1 aromatic heterocycles. The van der Waals surface area contributed by atoms with Crippen LogP contribution in [0.1, 0.15) is 18.3 Å². The molecule has 0 fully saturated rings. The zero-order valence-corrected chi connectivity index (χ0v) is 11.8. The van der Waals surface area contributed by atoms with E-state index in [1.807, 2.05) is 11.5 Å². The molecule has 0 amide bonds. The fraction of sp³-hybridized carbons (Fsp3) is 0.308. The Kier molecular flexibility index (Phi) is 4.70. The molecule has 6 nitrogen and oxygen atoms in total. The topological polar surface area (TPSA) is 73.0 Å². The molecule has 1 aromatic carbocycles. The molecule has 0 saturated carbocycles. The summed E-state index contributed by atoms with van der Waals surface area (Å²) in [5.41, 5.74) is 0.635. The van der Waals surface area contributed by atoms with Gasteiger partial charge in [0.15, 0.2) is 0 Å². The van der Waals surface area contributed by atoms with Crippen molar-refractivity contribution in [3.63, 3.8) is 0 Å². The lowest BCUT2D eigenvalue weighted by Crippen LogP contribution is -2.16. The largest absolute Gasteiger partial charge is 0.329 e. The summed E-state index contributed by atoms with van der Waals surface area (Å²) in [6.45, 7) is 3.84. The average molecular weight is 295 g/mol. The lowest BCUT2D eigenvalue weighted by molar-refractivity contribution is -0.385. The molecule has 0 atom stereocenters. The van der Waals surface area contributed by atoms with Gasteiger partial charge in [0.2, 0.25) is 0 Å². The van der Waals surface area contributed by atoms with Gasteiger partial charge < -0.3 is 9.88 Å². The third-order valence-electron chi connectivity index (χ3n) is 2.91. The third kappa shape index (κ3) is 3.34. The highest BCUT2D eigenvalue weighted by Crippen LogP contribution is 2.23. The molecule has 0 bridgehead atoms. The van der Waals surface area contributed by atoms with E-state index in [1.165, 1.54) is 12.1 Å². The number of hydrogen-bond donors (Lipinski definition) is 1. The predicted octanol–water partition coefficient (Wildman–Crippen LogP) is 2.60. The number of nitro groups is 1. The molecular weight excluding hydrogens is 280 g/mol. The monoisotopic (exact) mass is 294 g/mol. The minimum absolute atomic E-state index is 0.0671. The Hall–Kier alpha value is -1.92. The summed E-state index contributed by atoms with van der Waals surface area (Å²) >= 11 is 5.93. The van der Waals surface area contributed by atoms with Crippen molar-refractivity contribution in [3.05, 3.63) is 57.1 Å². The van der Waals surface area contributed by atoms with Gasteiger partial charge in [-0.05, 0) is 18.7 Å². The van der Waals surface area contributed by atoms with Gasteiger partial charge >= 0.3 is 0 Å². The molecular formula is C13H15ClN4O2. The van der Waals surface area contributed by atoms with Crippen molar-refractivity contribution in [1.29, 1.82) is 0 Å². The Morgan fingerprint density at radius 1 is 1.50 bits per heavy atom. The molecule has 0 spiro atoms. The van der Waals surface area contributed by atoms with Crippen LogP contribution in [0.3, 0.4) is 0 Å². The highest BCUT2D eigenvalue weighted by molar-refractivity contribution is 6.30. The normalized spacial score (nSPS) is 10.7. The summed E-state index contributed by atoms with van der Waals surface area (Å²) in [6.07, 6.45) is 3.49. The number of nitro benzene ring substituents is 1. The lowest BCUT2D eigenvalue weighted by Gasteiger charge is -2.09. The molecule has 2 rings (SSSR count). The Bertz CT molecular complexity index is 612. The molecule has 1 N–H and O–H groups in total. The molecule has 0 saturated heterocycles. The van der Waals surface area contributed by atoms with Gasteiger partial charge in [-0.1, -0.05) is 18.5 Å². The van der Waals surface area contributed by atoms with Crippen LogP contribution >= 0.6 is 11.6 Å². The number of hydrogen-bond acceptors (Lipinski definition) is 4. The lowest BCUT2D eigenvalue weighted by atomic mass is 10.2. The van der Waals surface area contributed by atoms with Crippen molar-refractivity contribution in [2.24, 2.45) is 0 Å². The number of aromatic nitrogens is 2. The van der Waals surface area contributed by atoms with Crippen LogP contribution in [0, 0.1) is 10.1 Å². The number of nitrogens with one attached hydrogen (secondary N) is 1. The number of nitrogens with zero attached hydrogens (tertiary/aromatic N) is 3. The van der Waals surface area contributed by atoms with E-state index in [0.717, 1.165) is 12.4 Å². The first-order chi connectivity index (χ1) is 9.61. The third-order valence-corrected chi connectivity index (χ3v) is 3.15. The fourth-order valence-corrected chi connectivity index (χ4v) is 2.13. The number of halogens is 1. The van der Waals surface area contributed by atoms with Gasteiger partial charge in [-0.25, -0.2) is 4.98 Å². The Balaban J connectivity index is 2.28. The van der Waals surface area contributed by atoms with E-state index in [9.17, 15) is 10.1 Å². The van der Waals surface area contributed by atoms with Crippen molar-refractivity contribution >= 4 is 17.3 Å². The van der Waals surface area contributed by atoms with E-state index in [1.54, 1.807) is 18.5 Å². The Morgan fingerprint density at radius 3 is 3.00 bits per heavy atom. The molecule has 7 heteroatoms. The zero-order chi connectivity index (χ0) is 14.5. The van der Waals surface area contributed by atoms with Crippen molar-refractivity contribution in [3.8, 4) is 0 Å². The van der Waals surface area contributed by atoms with Gasteiger partial charge in [0.25, 0.3) is 5.69 Å². The first-order valence-corrected chi connectivity index (χ1v) is 6.63. The number of rotatable bonds is 6. The number of imidazole rings is 1. The van der Waals surface area contributed by atoms with Gasteiger partial charge in [0, 0.05) is 23.5 Å². The molecule has 0 aliphatic carbocycles. The van der Waals surface area contributed by atoms with Gasteiger partial charge in [-0.15, -0.1) is 0 Å². The van der Waals surface area contributed by atoms with Gasteiger partial charge in [0.1, 0.15) is 5.82 Å². The maximum atomic E-state index is 11.0. The summed E-state index contributed by atoms with van der Waals surface area (Å²) in [4.78, 5) is 14.9. The van der Waals surface area contributed by atoms with E-state index < -0.39 is 4.92 Å². The minimum Gasteiger partial charge on any atom is -0.329 e. The van der Waals surface area contributed by atoms with Crippen LogP contribution in [0.15, 0.2) is 30.6 Å². The predicted molar refractivity (Wildman–Crippen MR) is 76.8 cm³/mol. The summed E-state index contributed by atoms with van der Waals surface area (Å²) in [5, 5.41) is 14.7. The minimum atomic E-state index is -0.396. The van der Waals surface area contributed by atoms with E-state index in [0.29, 0.717) is 23.7 Å². The fourth-order valence-electron chi connectivity index (χ4n) is 1.93. The van der Waals surface area contributed by atoms with Gasteiger partial charge in [0.05, 0.1) is 23.6 Å². The van der Waals surface area contributed by atoms with Crippen LogP contribution in [0.2, 0.25) is 5.02 Å². The maximum absolute atomic E-state index is 11.0. The van der Waals surface area contributed by atoms with E-state index >= 15 is 0 Å². The Morgan fingerprint density at radius 2 is 2.30 bits per heavy atom. The number of benzene rings is 1. The summed E-state index contributed by atoms with van der Waals surface area (Å²) in [6, 6.07) is 4.58. The molecule has 0 aliphatic heterocycles. The SMILES string of the molecule is CCNCc1nccn1Cc1cc(Cl)ccc1[N+](=O)[O-]. The molecule has 1 heterocycles. The summed E-state index contributed by atoms with van der Waals surface area (Å²) < 4.78 is 1.88. The van der Waals surface area contributed by atoms with Crippen LogP contribution in [0.25, 0.3) is 0 Å². The smallest absolute Gasteiger partial charge is 0.274 e. The average Bonchev–Trinajstić information content (AvgIpc) is 2.83. The molecule has 0 unspecified atom stereocenters. The van der Waals surface area contributed by atoms with Gasteiger partial charge in [-0.2, -0.15) is 0 Å². The van der Waals surface area contributed by atoms with Crippen molar-refractivity contribution in [2.75, 3.05) is 6.54 Å². The van der Waals surface area contributed by atoms with Crippen LogP contribution in [-0.4, -0.2) is 21.0 Å². The molecule has 106 valence electrons. The second kappa shape index (κ2) is 6.49. The maximum Gasteiger partial charge on any atom is 0.274 e. The highest BCUT2D eigenvalue weighted by atomic mass is 35.5. The summed E-state index contributed by atoms with van der Waals surface area (Å²) in [5.74, 6) is 0.834. The van der Waals surface area contributed by atoms with Crippen LogP contribution < -0.4 is 5.32 Å². The quantitative estimate of drug-likeness (QED) is 0.656. The van der Waals surface area contributed by atoms with Crippen LogP contribution in [0.4, 0.5) is 5.69 Å². The van der Waals surface area contributed by atoms with Crippen LogP contribution in [0.5, 0.6) is 0 Å². The molecule has 0 aliphatic rings. The summed E-state index contributed by atoms with van der Waals surface area (Å²) in [7, 11) is 0. The van der Waals surface area contributed by atoms with Crippen molar-refractivity contribution in [1.82, 2.24) is 14.9 Å². The molecule has 20 heavy (non-hydrogen) atoms. The van der Waals surface area contributed by atoms with Crippen LogP contribution in [-0.2, 0) is 13.1 Å². The van der Waals surface area contributed by atoms with Crippen molar-refractivity contribution < 1.29 is 4.92 Å². The Labute approximate surface area is 121 Å². The standard InChI is InChI=1S/C13H15ClN4O2/c1-2-15-8-13-16-5-6-17(13)9-10-7-11(14)3-4-12(10)18(19)20/h3-7,15H,2,8-9H2,1H3. The second-order valence-electron chi connectivity index (χ2n) is 4.28.